The molecule has 0 saturated carbocycles. The van der Waals surface area contributed by atoms with E-state index < -0.39 is 12.7 Å². The van der Waals surface area contributed by atoms with E-state index in [-0.39, 0.29) is 17.7 Å². The standard InChI is InChI=1S/C21H24F2N8O2S/c1-30(2)17(13-5-3-6-15(11-13)33-19(22)23)18(32)26-21-29-28-20(34-21)25-14-8-10-31(12-14)16-7-4-9-24-27-16/h3-7,9,11,14,17,19H,8,10,12H2,1-2H3,(H,25,28)(H,26,29,32)/t14-,17-/m1/s1. The lowest BCUT2D eigenvalue weighted by atomic mass is 10.0. The maximum absolute atomic E-state index is 13.0. The van der Waals surface area contributed by atoms with Crippen LogP contribution in [0.15, 0.2) is 42.6 Å². The number of aromatic nitrogens is 4. The Bertz CT molecular complexity index is 1100. The molecule has 1 amide bonds. The van der Waals surface area contributed by atoms with E-state index in [0.717, 1.165) is 25.3 Å². The first-order valence-corrected chi connectivity index (χ1v) is 11.4. The van der Waals surface area contributed by atoms with Gasteiger partial charge in [-0.25, -0.2) is 0 Å². The van der Waals surface area contributed by atoms with E-state index in [1.54, 1.807) is 37.3 Å². The highest BCUT2D eigenvalue weighted by Gasteiger charge is 2.27. The van der Waals surface area contributed by atoms with E-state index in [9.17, 15) is 13.6 Å². The number of nitrogens with one attached hydrogen (secondary N) is 2. The summed E-state index contributed by atoms with van der Waals surface area (Å²) in [5.41, 5.74) is 0.513. The molecule has 13 heteroatoms. The molecular weight excluding hydrogens is 466 g/mol. The molecule has 1 fully saturated rings. The molecule has 3 aromatic rings. The molecule has 10 nitrogen and oxygen atoms in total. The smallest absolute Gasteiger partial charge is 0.387 e. The number of hydrogen-bond acceptors (Lipinski definition) is 10. The average molecular weight is 491 g/mol. The third-order valence-corrected chi connectivity index (χ3v) is 5.99. The first-order chi connectivity index (χ1) is 16.4. The third kappa shape index (κ3) is 5.91. The van der Waals surface area contributed by atoms with Crippen LogP contribution in [0.4, 0.5) is 24.9 Å². The molecular formula is C21H24F2N8O2S. The van der Waals surface area contributed by atoms with E-state index in [0.29, 0.717) is 15.8 Å². The summed E-state index contributed by atoms with van der Waals surface area (Å²) in [6.45, 7) is -1.35. The zero-order valence-corrected chi connectivity index (χ0v) is 19.4. The van der Waals surface area contributed by atoms with E-state index >= 15 is 0 Å². The van der Waals surface area contributed by atoms with Crippen molar-refractivity contribution < 1.29 is 18.3 Å². The molecule has 2 aromatic heterocycles. The Hall–Kier alpha value is -3.45. The molecule has 34 heavy (non-hydrogen) atoms. The monoisotopic (exact) mass is 490 g/mol. The van der Waals surface area contributed by atoms with E-state index in [1.807, 2.05) is 12.1 Å². The van der Waals surface area contributed by atoms with Gasteiger partial charge in [-0.05, 0) is 50.3 Å². The number of likely N-dealkylation sites (N-methyl/N-ethyl adjacent to an activating group) is 1. The van der Waals surface area contributed by atoms with Crippen LogP contribution < -0.4 is 20.3 Å². The van der Waals surface area contributed by atoms with Gasteiger partial charge in [0.05, 0.1) is 0 Å². The molecule has 0 bridgehead atoms. The number of alkyl halides is 2. The maximum atomic E-state index is 13.0. The van der Waals surface area contributed by atoms with Gasteiger partial charge in [-0.1, -0.05) is 23.5 Å². The maximum Gasteiger partial charge on any atom is 0.387 e. The highest BCUT2D eigenvalue weighted by molar-refractivity contribution is 7.19. The SMILES string of the molecule is CN(C)[C@@H](C(=O)Nc1nnc(N[C@@H]2CCN(c3cccnn3)C2)s1)c1cccc(OC(F)F)c1. The van der Waals surface area contributed by atoms with Crippen LogP contribution in [-0.2, 0) is 4.79 Å². The lowest BCUT2D eigenvalue weighted by Gasteiger charge is -2.23. The topological polar surface area (TPSA) is 108 Å². The first kappa shape index (κ1) is 23.7. The molecule has 0 unspecified atom stereocenters. The lowest BCUT2D eigenvalue weighted by molar-refractivity contribution is -0.120. The van der Waals surface area contributed by atoms with E-state index in [2.05, 4.69) is 40.7 Å². The lowest BCUT2D eigenvalue weighted by Crippen LogP contribution is -2.32. The Kier molecular flexibility index (Phi) is 7.43. The summed E-state index contributed by atoms with van der Waals surface area (Å²) in [6, 6.07) is 9.27. The molecule has 2 N–H and O–H groups in total. The van der Waals surface area contributed by atoms with Crippen molar-refractivity contribution in [2.45, 2.75) is 25.1 Å². The van der Waals surface area contributed by atoms with Gasteiger partial charge in [0.1, 0.15) is 11.8 Å². The normalized spacial score (nSPS) is 16.6. The number of anilines is 3. The predicted octanol–water partition coefficient (Wildman–Crippen LogP) is 2.86. The van der Waals surface area contributed by atoms with Crippen LogP contribution in [0.5, 0.6) is 5.75 Å². The van der Waals surface area contributed by atoms with Crippen molar-refractivity contribution in [3.63, 3.8) is 0 Å². The number of halogens is 2. The van der Waals surface area contributed by atoms with Gasteiger partial charge in [0, 0.05) is 25.3 Å². The Morgan fingerprint density at radius 2 is 2.03 bits per heavy atom. The zero-order chi connectivity index (χ0) is 24.1. The summed E-state index contributed by atoms with van der Waals surface area (Å²) in [5.74, 6) is 0.452. The van der Waals surface area contributed by atoms with Gasteiger partial charge in [-0.3, -0.25) is 15.0 Å². The van der Waals surface area contributed by atoms with Crippen LogP contribution in [-0.4, -0.2) is 71.0 Å². The molecule has 4 rings (SSSR count). The van der Waals surface area contributed by atoms with Crippen molar-refractivity contribution in [2.24, 2.45) is 0 Å². The summed E-state index contributed by atoms with van der Waals surface area (Å²) in [6.07, 6.45) is 2.54. The highest BCUT2D eigenvalue weighted by Crippen LogP contribution is 2.28. The third-order valence-electron chi connectivity index (χ3n) is 5.22. The van der Waals surface area contributed by atoms with Crippen molar-refractivity contribution in [3.05, 3.63) is 48.2 Å². The van der Waals surface area contributed by atoms with Gasteiger partial charge in [0.2, 0.25) is 16.2 Å². The van der Waals surface area contributed by atoms with Gasteiger partial charge in [0.15, 0.2) is 5.82 Å². The fourth-order valence-corrected chi connectivity index (χ4v) is 4.50. The number of ether oxygens (including phenoxy) is 1. The Morgan fingerprint density at radius 1 is 1.21 bits per heavy atom. The molecule has 0 radical (unpaired) electrons. The first-order valence-electron chi connectivity index (χ1n) is 10.5. The average Bonchev–Trinajstić information content (AvgIpc) is 3.44. The fraction of sp³-hybridized carbons (Fsp3) is 0.381. The van der Waals surface area contributed by atoms with Crippen molar-refractivity contribution in [2.75, 3.05) is 42.7 Å². The number of benzene rings is 1. The molecule has 0 spiro atoms. The zero-order valence-electron chi connectivity index (χ0n) is 18.6. The quantitative estimate of drug-likeness (QED) is 0.468. The minimum Gasteiger partial charge on any atom is -0.435 e. The summed E-state index contributed by atoms with van der Waals surface area (Å²) in [7, 11) is 3.45. The number of amides is 1. The molecule has 180 valence electrons. The second kappa shape index (κ2) is 10.7. The Labute approximate surface area is 199 Å². The molecule has 1 aliphatic heterocycles. The second-order valence-electron chi connectivity index (χ2n) is 7.88. The number of carbonyl (C=O) groups is 1. The van der Waals surface area contributed by atoms with Crippen molar-refractivity contribution in [1.82, 2.24) is 25.3 Å². The van der Waals surface area contributed by atoms with E-state index in [4.69, 9.17) is 0 Å². The molecule has 1 saturated heterocycles. The molecule has 0 aliphatic carbocycles. The van der Waals surface area contributed by atoms with Gasteiger partial charge in [0.25, 0.3) is 0 Å². The van der Waals surface area contributed by atoms with Gasteiger partial charge < -0.3 is 15.0 Å². The molecule has 2 atom stereocenters. The molecule has 1 aromatic carbocycles. The molecule has 3 heterocycles. The second-order valence-corrected chi connectivity index (χ2v) is 8.85. The summed E-state index contributed by atoms with van der Waals surface area (Å²) >= 11 is 1.23. The van der Waals surface area contributed by atoms with Crippen molar-refractivity contribution in [1.29, 1.82) is 0 Å². The predicted molar refractivity (Wildman–Crippen MR) is 124 cm³/mol. The van der Waals surface area contributed by atoms with Gasteiger partial charge in [-0.2, -0.15) is 13.9 Å². The van der Waals surface area contributed by atoms with Crippen molar-refractivity contribution >= 4 is 33.3 Å². The van der Waals surface area contributed by atoms with Crippen molar-refractivity contribution in [3.8, 4) is 5.75 Å². The fourth-order valence-electron chi connectivity index (χ4n) is 3.77. The Morgan fingerprint density at radius 3 is 2.76 bits per heavy atom. The summed E-state index contributed by atoms with van der Waals surface area (Å²) in [4.78, 5) is 16.8. The number of rotatable bonds is 9. The largest absolute Gasteiger partial charge is 0.435 e. The molecule has 1 aliphatic rings. The number of carbonyl (C=O) groups excluding carboxylic acids is 1. The number of hydrogen-bond donors (Lipinski definition) is 2. The van der Waals surface area contributed by atoms with Crippen LogP contribution in [0.1, 0.15) is 18.0 Å². The van der Waals surface area contributed by atoms with Crippen LogP contribution in [0.2, 0.25) is 0 Å². The minimum absolute atomic E-state index is 0.0124. The van der Waals surface area contributed by atoms with E-state index in [1.165, 1.54) is 23.5 Å². The van der Waals surface area contributed by atoms with Gasteiger partial charge in [-0.15, -0.1) is 15.3 Å². The van der Waals surface area contributed by atoms with Crippen LogP contribution in [0.25, 0.3) is 0 Å². The minimum atomic E-state index is -2.94. The Balaban J connectivity index is 1.37. The highest BCUT2D eigenvalue weighted by atomic mass is 32.1. The summed E-state index contributed by atoms with van der Waals surface area (Å²) in [5, 5.41) is 23.3. The van der Waals surface area contributed by atoms with Crippen LogP contribution in [0, 0.1) is 0 Å². The number of nitrogens with zero attached hydrogens (tertiary/aromatic N) is 6. The summed E-state index contributed by atoms with van der Waals surface area (Å²) < 4.78 is 29.6. The van der Waals surface area contributed by atoms with Crippen LogP contribution >= 0.6 is 11.3 Å². The van der Waals surface area contributed by atoms with Gasteiger partial charge >= 0.3 is 6.61 Å². The van der Waals surface area contributed by atoms with Crippen LogP contribution in [0.3, 0.4) is 0 Å².